The predicted molar refractivity (Wildman–Crippen MR) is 89.7 cm³/mol. The highest BCUT2D eigenvalue weighted by atomic mass is 16.5. The zero-order chi connectivity index (χ0) is 16.4. The SMILES string of the molecule is CC(C)(C)c1ccc(C(=O)N2CC(Oc3ccncc3)C2)cc1. The van der Waals surface area contributed by atoms with Crippen molar-refractivity contribution < 1.29 is 9.53 Å². The van der Waals surface area contributed by atoms with Crippen LogP contribution in [0.1, 0.15) is 36.7 Å². The van der Waals surface area contributed by atoms with Crippen molar-refractivity contribution in [2.45, 2.75) is 32.3 Å². The minimum absolute atomic E-state index is 0.0650. The van der Waals surface area contributed by atoms with Gasteiger partial charge in [0.05, 0.1) is 13.1 Å². The van der Waals surface area contributed by atoms with Crippen LogP contribution in [0.15, 0.2) is 48.8 Å². The Morgan fingerprint density at radius 1 is 1.09 bits per heavy atom. The van der Waals surface area contributed by atoms with Crippen LogP contribution in [-0.4, -0.2) is 35.0 Å². The normalized spacial score (nSPS) is 15.2. The third kappa shape index (κ3) is 3.52. The maximum absolute atomic E-state index is 12.4. The van der Waals surface area contributed by atoms with Crippen molar-refractivity contribution in [3.05, 3.63) is 59.9 Å². The molecule has 0 bridgehead atoms. The van der Waals surface area contributed by atoms with E-state index in [4.69, 9.17) is 4.74 Å². The molecule has 4 heteroatoms. The van der Waals surface area contributed by atoms with Crippen LogP contribution in [0.2, 0.25) is 0 Å². The molecule has 1 aliphatic rings. The number of amides is 1. The van der Waals surface area contributed by atoms with E-state index in [0.717, 1.165) is 11.3 Å². The van der Waals surface area contributed by atoms with Crippen LogP contribution in [-0.2, 0) is 5.41 Å². The monoisotopic (exact) mass is 310 g/mol. The highest BCUT2D eigenvalue weighted by molar-refractivity contribution is 5.94. The fourth-order valence-corrected chi connectivity index (χ4v) is 2.58. The van der Waals surface area contributed by atoms with Crippen LogP contribution >= 0.6 is 0 Å². The first-order valence-electron chi connectivity index (χ1n) is 7.90. The Bertz CT molecular complexity index is 669. The Hall–Kier alpha value is -2.36. The van der Waals surface area contributed by atoms with E-state index < -0.39 is 0 Å². The molecule has 120 valence electrons. The molecular weight excluding hydrogens is 288 g/mol. The van der Waals surface area contributed by atoms with Crippen molar-refractivity contribution in [2.75, 3.05) is 13.1 Å². The lowest BCUT2D eigenvalue weighted by molar-refractivity contribution is 0.0177. The minimum atomic E-state index is 0.0650. The molecule has 1 fully saturated rings. The molecule has 0 saturated carbocycles. The van der Waals surface area contributed by atoms with Crippen LogP contribution in [0, 0.1) is 0 Å². The largest absolute Gasteiger partial charge is 0.487 e. The van der Waals surface area contributed by atoms with Gasteiger partial charge in [0.15, 0.2) is 0 Å². The average molecular weight is 310 g/mol. The molecule has 23 heavy (non-hydrogen) atoms. The lowest BCUT2D eigenvalue weighted by atomic mass is 9.86. The summed E-state index contributed by atoms with van der Waals surface area (Å²) in [7, 11) is 0. The van der Waals surface area contributed by atoms with Gasteiger partial charge in [-0.05, 0) is 35.2 Å². The summed E-state index contributed by atoms with van der Waals surface area (Å²) in [5.74, 6) is 0.867. The number of hydrogen-bond donors (Lipinski definition) is 0. The number of likely N-dealkylation sites (tertiary alicyclic amines) is 1. The molecule has 4 nitrogen and oxygen atoms in total. The Kier molecular flexibility index (Phi) is 4.07. The van der Waals surface area contributed by atoms with E-state index >= 15 is 0 Å². The zero-order valence-electron chi connectivity index (χ0n) is 13.8. The standard InChI is InChI=1S/C19H22N2O2/c1-19(2,3)15-6-4-14(5-7-15)18(22)21-12-17(13-21)23-16-8-10-20-11-9-16/h4-11,17H,12-13H2,1-3H3. The molecule has 0 N–H and O–H groups in total. The average Bonchev–Trinajstić information content (AvgIpc) is 2.50. The molecule has 1 aliphatic heterocycles. The van der Waals surface area contributed by atoms with E-state index in [0.29, 0.717) is 13.1 Å². The molecule has 0 atom stereocenters. The highest BCUT2D eigenvalue weighted by Crippen LogP contribution is 2.24. The molecule has 2 aromatic rings. The molecule has 1 amide bonds. The van der Waals surface area contributed by atoms with Crippen molar-refractivity contribution in [1.29, 1.82) is 0 Å². The number of pyridine rings is 1. The Balaban J connectivity index is 1.56. The molecule has 1 aromatic heterocycles. The van der Waals surface area contributed by atoms with E-state index in [1.165, 1.54) is 5.56 Å². The summed E-state index contributed by atoms with van der Waals surface area (Å²) < 4.78 is 5.80. The van der Waals surface area contributed by atoms with Crippen LogP contribution in [0.5, 0.6) is 5.75 Å². The molecule has 3 rings (SSSR count). The van der Waals surface area contributed by atoms with Crippen LogP contribution < -0.4 is 4.74 Å². The maximum atomic E-state index is 12.4. The van der Waals surface area contributed by atoms with Crippen molar-refractivity contribution in [2.24, 2.45) is 0 Å². The van der Waals surface area contributed by atoms with Crippen molar-refractivity contribution in [3.8, 4) is 5.75 Å². The Morgan fingerprint density at radius 3 is 2.26 bits per heavy atom. The van der Waals surface area contributed by atoms with E-state index in [9.17, 15) is 4.79 Å². The number of nitrogens with zero attached hydrogens (tertiary/aromatic N) is 2. The van der Waals surface area contributed by atoms with Gasteiger partial charge in [-0.25, -0.2) is 0 Å². The van der Waals surface area contributed by atoms with E-state index in [-0.39, 0.29) is 17.4 Å². The third-order valence-electron chi connectivity index (χ3n) is 4.09. The predicted octanol–water partition coefficient (Wildman–Crippen LogP) is 3.28. The summed E-state index contributed by atoms with van der Waals surface area (Å²) in [6.07, 6.45) is 3.47. The molecular formula is C19H22N2O2. The van der Waals surface area contributed by atoms with Crippen LogP contribution in [0.25, 0.3) is 0 Å². The van der Waals surface area contributed by atoms with E-state index in [2.05, 4.69) is 25.8 Å². The van der Waals surface area contributed by atoms with Gasteiger partial charge in [-0.15, -0.1) is 0 Å². The number of ether oxygens (including phenoxy) is 1. The lowest BCUT2D eigenvalue weighted by Gasteiger charge is -2.39. The van der Waals surface area contributed by atoms with Gasteiger partial charge < -0.3 is 9.64 Å². The van der Waals surface area contributed by atoms with Gasteiger partial charge in [0.2, 0.25) is 0 Å². The van der Waals surface area contributed by atoms with Gasteiger partial charge in [-0.3, -0.25) is 9.78 Å². The first-order valence-corrected chi connectivity index (χ1v) is 7.90. The van der Waals surface area contributed by atoms with Gasteiger partial charge in [0.1, 0.15) is 11.9 Å². The Morgan fingerprint density at radius 2 is 1.70 bits per heavy atom. The van der Waals surface area contributed by atoms with Crippen LogP contribution in [0.4, 0.5) is 0 Å². The Labute approximate surface area is 137 Å². The number of carbonyl (C=O) groups is 1. The summed E-state index contributed by atoms with van der Waals surface area (Å²) >= 11 is 0. The number of hydrogen-bond acceptors (Lipinski definition) is 3. The molecule has 0 spiro atoms. The smallest absolute Gasteiger partial charge is 0.254 e. The number of carbonyl (C=O) groups excluding carboxylic acids is 1. The summed E-state index contributed by atoms with van der Waals surface area (Å²) in [6, 6.07) is 11.6. The zero-order valence-corrected chi connectivity index (χ0v) is 13.8. The molecule has 1 saturated heterocycles. The number of aromatic nitrogens is 1. The summed E-state index contributed by atoms with van der Waals surface area (Å²) in [6.45, 7) is 7.76. The fourth-order valence-electron chi connectivity index (χ4n) is 2.58. The summed E-state index contributed by atoms with van der Waals surface area (Å²) in [4.78, 5) is 18.2. The molecule has 0 unspecified atom stereocenters. The van der Waals surface area contributed by atoms with Gasteiger partial charge in [-0.2, -0.15) is 0 Å². The molecule has 0 aliphatic carbocycles. The van der Waals surface area contributed by atoms with Crippen molar-refractivity contribution in [1.82, 2.24) is 9.88 Å². The molecule has 0 radical (unpaired) electrons. The van der Waals surface area contributed by atoms with E-state index in [1.807, 2.05) is 41.3 Å². The summed E-state index contributed by atoms with van der Waals surface area (Å²) in [5.41, 5.74) is 2.07. The van der Waals surface area contributed by atoms with Gasteiger partial charge in [-0.1, -0.05) is 32.9 Å². The van der Waals surface area contributed by atoms with Gasteiger partial charge in [0, 0.05) is 18.0 Å². The second-order valence-corrected chi connectivity index (χ2v) is 6.96. The highest BCUT2D eigenvalue weighted by Gasteiger charge is 2.32. The van der Waals surface area contributed by atoms with Crippen molar-refractivity contribution >= 4 is 5.91 Å². The van der Waals surface area contributed by atoms with Crippen LogP contribution in [0.3, 0.4) is 0 Å². The third-order valence-corrected chi connectivity index (χ3v) is 4.09. The topological polar surface area (TPSA) is 42.4 Å². The minimum Gasteiger partial charge on any atom is -0.487 e. The lowest BCUT2D eigenvalue weighted by Crippen LogP contribution is -2.56. The number of rotatable bonds is 3. The molecule has 1 aromatic carbocycles. The number of benzene rings is 1. The second-order valence-electron chi connectivity index (χ2n) is 6.96. The van der Waals surface area contributed by atoms with Crippen molar-refractivity contribution in [3.63, 3.8) is 0 Å². The maximum Gasteiger partial charge on any atom is 0.254 e. The second kappa shape index (κ2) is 6.03. The summed E-state index contributed by atoms with van der Waals surface area (Å²) in [5, 5.41) is 0. The quantitative estimate of drug-likeness (QED) is 0.873. The van der Waals surface area contributed by atoms with E-state index in [1.54, 1.807) is 12.4 Å². The fraction of sp³-hybridized carbons (Fsp3) is 0.368. The molecule has 2 heterocycles. The van der Waals surface area contributed by atoms with Gasteiger partial charge >= 0.3 is 0 Å². The first-order chi connectivity index (χ1) is 10.9. The first kappa shape index (κ1) is 15.5. The van der Waals surface area contributed by atoms with Gasteiger partial charge in [0.25, 0.3) is 5.91 Å².